The normalized spacial score (nSPS) is 19.9. The van der Waals surface area contributed by atoms with Crippen molar-refractivity contribution in [3.05, 3.63) is 29.8 Å². The lowest BCUT2D eigenvalue weighted by Crippen LogP contribution is -2.31. The van der Waals surface area contributed by atoms with Crippen LogP contribution in [0.2, 0.25) is 0 Å². The van der Waals surface area contributed by atoms with Gasteiger partial charge in [0.2, 0.25) is 5.91 Å². The molecule has 0 aromatic heterocycles. The van der Waals surface area contributed by atoms with Crippen molar-refractivity contribution in [1.82, 2.24) is 0 Å². The molecule has 0 unspecified atom stereocenters. The van der Waals surface area contributed by atoms with Crippen molar-refractivity contribution < 1.29 is 4.79 Å². The second-order valence-corrected chi connectivity index (χ2v) is 6.41. The first-order chi connectivity index (χ1) is 8.84. The molecule has 3 heteroatoms. The molecule has 0 saturated carbocycles. The summed E-state index contributed by atoms with van der Waals surface area (Å²) < 4.78 is 0. The zero-order chi connectivity index (χ0) is 12.4. The third-order valence-electron chi connectivity index (χ3n) is 3.99. The summed E-state index contributed by atoms with van der Waals surface area (Å²) in [6, 6.07) is 8.31. The number of nitrogens with zero attached hydrogens (tertiary/aromatic N) is 1. The Bertz CT molecular complexity index is 440. The summed E-state index contributed by atoms with van der Waals surface area (Å²) in [6.07, 6.45) is 4.19. The van der Waals surface area contributed by atoms with Crippen LogP contribution in [0.4, 0.5) is 5.69 Å². The molecule has 0 aliphatic carbocycles. The summed E-state index contributed by atoms with van der Waals surface area (Å²) in [6.45, 7) is 0.875. The Labute approximate surface area is 113 Å². The van der Waals surface area contributed by atoms with Crippen LogP contribution in [0.1, 0.15) is 24.8 Å². The number of thioether (sulfide) groups is 1. The maximum absolute atomic E-state index is 12.4. The van der Waals surface area contributed by atoms with Gasteiger partial charge in [0, 0.05) is 18.7 Å². The predicted octanol–water partition coefficient (Wildman–Crippen LogP) is 3.11. The number of benzene rings is 1. The molecular weight excluding hydrogens is 242 g/mol. The van der Waals surface area contributed by atoms with Gasteiger partial charge in [0.05, 0.1) is 0 Å². The van der Waals surface area contributed by atoms with Gasteiger partial charge in [-0.3, -0.25) is 4.79 Å². The fraction of sp³-hybridized carbons (Fsp3) is 0.533. The van der Waals surface area contributed by atoms with E-state index < -0.39 is 0 Å². The van der Waals surface area contributed by atoms with Crippen molar-refractivity contribution in [3.63, 3.8) is 0 Å². The highest BCUT2D eigenvalue weighted by molar-refractivity contribution is 7.99. The van der Waals surface area contributed by atoms with Crippen LogP contribution >= 0.6 is 11.8 Å². The van der Waals surface area contributed by atoms with Gasteiger partial charge in [-0.25, -0.2) is 0 Å². The van der Waals surface area contributed by atoms with Crippen molar-refractivity contribution in [2.75, 3.05) is 23.0 Å². The Kier molecular flexibility index (Phi) is 3.59. The van der Waals surface area contributed by atoms with E-state index in [2.05, 4.69) is 18.2 Å². The lowest BCUT2D eigenvalue weighted by molar-refractivity contribution is -0.119. The van der Waals surface area contributed by atoms with Crippen LogP contribution in [0, 0.1) is 5.92 Å². The summed E-state index contributed by atoms with van der Waals surface area (Å²) in [4.78, 5) is 14.4. The molecule has 2 aliphatic rings. The van der Waals surface area contributed by atoms with Crippen molar-refractivity contribution in [2.24, 2.45) is 5.92 Å². The second kappa shape index (κ2) is 5.35. The van der Waals surface area contributed by atoms with Crippen LogP contribution in [-0.2, 0) is 11.2 Å². The maximum atomic E-state index is 12.4. The molecule has 2 nitrogen and oxygen atoms in total. The number of carbonyl (C=O) groups excluding carboxylic acids is 1. The van der Waals surface area contributed by atoms with E-state index >= 15 is 0 Å². The fourth-order valence-corrected chi connectivity index (χ4v) is 4.11. The van der Waals surface area contributed by atoms with E-state index in [-0.39, 0.29) is 0 Å². The van der Waals surface area contributed by atoms with Crippen LogP contribution in [0.15, 0.2) is 24.3 Å². The van der Waals surface area contributed by atoms with Gasteiger partial charge < -0.3 is 4.90 Å². The van der Waals surface area contributed by atoms with Crippen molar-refractivity contribution >= 4 is 23.4 Å². The number of amides is 1. The van der Waals surface area contributed by atoms with Crippen LogP contribution in [0.25, 0.3) is 0 Å². The Morgan fingerprint density at radius 3 is 2.89 bits per heavy atom. The Morgan fingerprint density at radius 1 is 1.28 bits per heavy atom. The third-order valence-corrected chi connectivity index (χ3v) is 5.04. The van der Waals surface area contributed by atoms with E-state index in [4.69, 9.17) is 0 Å². The lowest BCUT2D eigenvalue weighted by Gasteiger charge is -2.24. The van der Waals surface area contributed by atoms with Gasteiger partial charge in [-0.15, -0.1) is 0 Å². The molecule has 1 aromatic carbocycles. The molecule has 0 N–H and O–H groups in total. The molecule has 1 aromatic rings. The highest BCUT2D eigenvalue weighted by Gasteiger charge is 2.26. The average Bonchev–Trinajstić information content (AvgIpc) is 2.84. The number of hydrogen-bond donors (Lipinski definition) is 0. The molecule has 18 heavy (non-hydrogen) atoms. The topological polar surface area (TPSA) is 20.3 Å². The Balaban J connectivity index is 1.67. The number of rotatable bonds is 2. The number of hydrogen-bond acceptors (Lipinski definition) is 2. The second-order valence-electron chi connectivity index (χ2n) is 5.18. The van der Waals surface area contributed by atoms with E-state index in [1.807, 2.05) is 22.7 Å². The van der Waals surface area contributed by atoms with Gasteiger partial charge in [0.1, 0.15) is 0 Å². The van der Waals surface area contributed by atoms with E-state index in [0.29, 0.717) is 11.8 Å². The van der Waals surface area contributed by atoms with E-state index in [9.17, 15) is 4.79 Å². The van der Waals surface area contributed by atoms with E-state index in [1.54, 1.807) is 0 Å². The van der Waals surface area contributed by atoms with E-state index in [1.165, 1.54) is 29.9 Å². The SMILES string of the molecule is O=C(CC1CCSCC1)N1CCc2ccccc21. The minimum atomic E-state index is 0.330. The van der Waals surface area contributed by atoms with E-state index in [0.717, 1.165) is 25.1 Å². The van der Waals surface area contributed by atoms with Crippen molar-refractivity contribution in [3.8, 4) is 0 Å². The molecule has 0 radical (unpaired) electrons. The largest absolute Gasteiger partial charge is 0.312 e. The smallest absolute Gasteiger partial charge is 0.227 e. The average molecular weight is 261 g/mol. The molecule has 2 heterocycles. The minimum Gasteiger partial charge on any atom is -0.312 e. The Hall–Kier alpha value is -0.960. The number of carbonyl (C=O) groups is 1. The number of fused-ring (bicyclic) bond motifs is 1. The van der Waals surface area contributed by atoms with Crippen molar-refractivity contribution in [1.29, 1.82) is 0 Å². The van der Waals surface area contributed by atoms with Gasteiger partial charge in [0.15, 0.2) is 0 Å². The minimum absolute atomic E-state index is 0.330. The molecule has 1 amide bonds. The molecule has 0 spiro atoms. The molecule has 0 bridgehead atoms. The fourth-order valence-electron chi connectivity index (χ4n) is 2.90. The zero-order valence-corrected chi connectivity index (χ0v) is 11.4. The van der Waals surface area contributed by atoms with Crippen molar-refractivity contribution in [2.45, 2.75) is 25.7 Å². The highest BCUT2D eigenvalue weighted by atomic mass is 32.2. The highest BCUT2D eigenvalue weighted by Crippen LogP contribution is 2.31. The zero-order valence-electron chi connectivity index (χ0n) is 10.6. The maximum Gasteiger partial charge on any atom is 0.227 e. The quantitative estimate of drug-likeness (QED) is 0.815. The van der Waals surface area contributed by atoms with Crippen LogP contribution in [-0.4, -0.2) is 24.0 Å². The molecular formula is C15H19NOS. The summed E-state index contributed by atoms with van der Waals surface area (Å²) in [5.41, 5.74) is 2.47. The molecule has 2 aliphatic heterocycles. The standard InChI is InChI=1S/C15H19NOS/c17-15(11-12-6-9-18-10-7-12)16-8-5-13-3-1-2-4-14(13)16/h1-4,12H,5-11H2. The van der Waals surface area contributed by atoms with Crippen LogP contribution in [0.5, 0.6) is 0 Å². The first kappa shape index (κ1) is 12.1. The summed E-state index contributed by atoms with van der Waals surface area (Å²) in [5, 5.41) is 0. The summed E-state index contributed by atoms with van der Waals surface area (Å²) >= 11 is 2.02. The predicted molar refractivity (Wildman–Crippen MR) is 77.2 cm³/mol. The molecule has 1 fully saturated rings. The Morgan fingerprint density at radius 2 is 2.06 bits per heavy atom. The summed E-state index contributed by atoms with van der Waals surface area (Å²) in [7, 11) is 0. The molecule has 0 atom stereocenters. The first-order valence-electron chi connectivity index (χ1n) is 6.80. The number of para-hydroxylation sites is 1. The summed E-state index contributed by atoms with van der Waals surface area (Å²) in [5.74, 6) is 3.41. The molecule has 3 rings (SSSR count). The third kappa shape index (κ3) is 2.41. The van der Waals surface area contributed by atoms with Gasteiger partial charge >= 0.3 is 0 Å². The molecule has 1 saturated heterocycles. The number of anilines is 1. The van der Waals surface area contributed by atoms with Gasteiger partial charge in [-0.05, 0) is 48.3 Å². The van der Waals surface area contributed by atoms with Crippen LogP contribution in [0.3, 0.4) is 0 Å². The van der Waals surface area contributed by atoms with Gasteiger partial charge in [-0.1, -0.05) is 18.2 Å². The lowest BCUT2D eigenvalue weighted by atomic mass is 9.98. The molecule has 96 valence electrons. The first-order valence-corrected chi connectivity index (χ1v) is 7.96. The monoisotopic (exact) mass is 261 g/mol. The van der Waals surface area contributed by atoms with Gasteiger partial charge in [0.25, 0.3) is 0 Å². The van der Waals surface area contributed by atoms with Crippen LogP contribution < -0.4 is 4.90 Å². The van der Waals surface area contributed by atoms with Gasteiger partial charge in [-0.2, -0.15) is 11.8 Å².